The van der Waals surface area contributed by atoms with E-state index in [9.17, 15) is 18.0 Å². The van der Waals surface area contributed by atoms with Crippen molar-refractivity contribution in [2.24, 2.45) is 5.92 Å². The predicted molar refractivity (Wildman–Crippen MR) is 66.5 cm³/mol. The van der Waals surface area contributed by atoms with Crippen molar-refractivity contribution < 1.29 is 17.9 Å². The van der Waals surface area contributed by atoms with Gasteiger partial charge in [0.1, 0.15) is 0 Å². The maximum Gasteiger partial charge on any atom is 0.416 e. The van der Waals surface area contributed by atoms with Crippen LogP contribution in [0.5, 0.6) is 0 Å². The van der Waals surface area contributed by atoms with Gasteiger partial charge in [0.15, 0.2) is 0 Å². The summed E-state index contributed by atoms with van der Waals surface area (Å²) in [4.78, 5) is 14.4. The van der Waals surface area contributed by atoms with E-state index in [0.717, 1.165) is 18.6 Å². The molecule has 1 aliphatic rings. The Morgan fingerprint density at radius 2 is 2.20 bits per heavy atom. The average molecular weight is 286 g/mol. The Morgan fingerprint density at radius 1 is 1.40 bits per heavy atom. The molecule has 1 atom stereocenters. The Hall–Kier alpha value is -1.76. The molecular formula is C13H13F3N2O2. The quantitative estimate of drug-likeness (QED) is 0.921. The number of hydrogen-bond acceptors (Lipinski definition) is 2. The number of nitrogens with one attached hydrogen (secondary N) is 1. The SMILES string of the molecule is O=c1[nH]c2cc(C(F)(F)F)ccc2n1CC1CCOC1. The molecule has 108 valence electrons. The minimum atomic E-state index is -4.41. The van der Waals surface area contributed by atoms with Crippen LogP contribution in [0.15, 0.2) is 23.0 Å². The molecule has 20 heavy (non-hydrogen) atoms. The number of halogens is 3. The first-order valence-electron chi connectivity index (χ1n) is 6.32. The molecular weight excluding hydrogens is 273 g/mol. The number of alkyl halides is 3. The van der Waals surface area contributed by atoms with E-state index in [1.54, 1.807) is 0 Å². The topological polar surface area (TPSA) is 47.0 Å². The molecule has 3 rings (SSSR count). The fraction of sp³-hybridized carbons (Fsp3) is 0.462. The van der Waals surface area contributed by atoms with Crippen LogP contribution in [0.25, 0.3) is 11.0 Å². The van der Waals surface area contributed by atoms with Crippen LogP contribution in [0, 0.1) is 5.92 Å². The maximum absolute atomic E-state index is 12.6. The Labute approximate surface area is 112 Å². The van der Waals surface area contributed by atoms with Gasteiger partial charge in [-0.15, -0.1) is 0 Å². The van der Waals surface area contributed by atoms with Crippen molar-refractivity contribution in [1.82, 2.24) is 9.55 Å². The molecule has 1 aliphatic heterocycles. The molecule has 2 heterocycles. The molecule has 7 heteroatoms. The fourth-order valence-corrected chi connectivity index (χ4v) is 2.51. The van der Waals surface area contributed by atoms with E-state index in [-0.39, 0.29) is 17.1 Å². The van der Waals surface area contributed by atoms with Gasteiger partial charge in [0.2, 0.25) is 0 Å². The van der Waals surface area contributed by atoms with Gasteiger partial charge in [-0.2, -0.15) is 13.2 Å². The maximum atomic E-state index is 12.6. The van der Waals surface area contributed by atoms with Gasteiger partial charge in [-0.3, -0.25) is 4.57 Å². The molecule has 1 N–H and O–H groups in total. The van der Waals surface area contributed by atoms with Crippen LogP contribution >= 0.6 is 0 Å². The molecule has 0 amide bonds. The largest absolute Gasteiger partial charge is 0.416 e. The molecule has 1 saturated heterocycles. The zero-order valence-electron chi connectivity index (χ0n) is 10.5. The molecule has 1 fully saturated rings. The highest BCUT2D eigenvalue weighted by atomic mass is 19.4. The lowest BCUT2D eigenvalue weighted by atomic mass is 10.1. The molecule has 2 aromatic rings. The molecule has 1 aromatic heterocycles. The number of rotatable bonds is 2. The predicted octanol–water partition coefficient (Wildman–Crippen LogP) is 2.38. The lowest BCUT2D eigenvalue weighted by Crippen LogP contribution is -2.21. The van der Waals surface area contributed by atoms with Crippen molar-refractivity contribution in [1.29, 1.82) is 0 Å². The van der Waals surface area contributed by atoms with E-state index in [1.165, 1.54) is 10.6 Å². The third kappa shape index (κ3) is 2.33. The molecule has 0 aliphatic carbocycles. The van der Waals surface area contributed by atoms with Gasteiger partial charge in [-0.25, -0.2) is 4.79 Å². The number of aromatic amines is 1. The normalized spacial score (nSPS) is 19.9. The standard InChI is InChI=1S/C13H13F3N2O2/c14-13(15,16)9-1-2-11-10(5-9)17-12(19)18(11)6-8-3-4-20-7-8/h1-2,5,8H,3-4,6-7H2,(H,17,19). The summed E-state index contributed by atoms with van der Waals surface area (Å²) >= 11 is 0. The van der Waals surface area contributed by atoms with Gasteiger partial charge < -0.3 is 9.72 Å². The van der Waals surface area contributed by atoms with Crippen LogP contribution in [0.2, 0.25) is 0 Å². The number of hydrogen-bond donors (Lipinski definition) is 1. The number of H-pyrrole nitrogens is 1. The van der Waals surface area contributed by atoms with Gasteiger partial charge in [0.05, 0.1) is 23.2 Å². The van der Waals surface area contributed by atoms with E-state index >= 15 is 0 Å². The van der Waals surface area contributed by atoms with Gasteiger partial charge in [-0.05, 0) is 24.6 Å². The lowest BCUT2D eigenvalue weighted by Gasteiger charge is -2.09. The second kappa shape index (κ2) is 4.66. The summed E-state index contributed by atoms with van der Waals surface area (Å²) in [5.41, 5.74) is -0.438. The van der Waals surface area contributed by atoms with Crippen LogP contribution in [0.4, 0.5) is 13.2 Å². The van der Waals surface area contributed by atoms with Gasteiger partial charge >= 0.3 is 11.9 Å². The first-order chi connectivity index (χ1) is 9.45. The number of ether oxygens (including phenoxy) is 1. The monoisotopic (exact) mass is 286 g/mol. The molecule has 1 unspecified atom stereocenters. The smallest absolute Gasteiger partial charge is 0.381 e. The summed E-state index contributed by atoms with van der Waals surface area (Å²) in [6.45, 7) is 1.71. The molecule has 0 bridgehead atoms. The van der Waals surface area contributed by atoms with Crippen LogP contribution in [0.1, 0.15) is 12.0 Å². The summed E-state index contributed by atoms with van der Waals surface area (Å²) in [5, 5.41) is 0. The van der Waals surface area contributed by atoms with Crippen molar-refractivity contribution >= 4 is 11.0 Å². The Kier molecular flexibility index (Phi) is 3.08. The van der Waals surface area contributed by atoms with Crippen molar-refractivity contribution in [2.45, 2.75) is 19.1 Å². The van der Waals surface area contributed by atoms with Gasteiger partial charge in [0.25, 0.3) is 0 Å². The van der Waals surface area contributed by atoms with Crippen LogP contribution in [0.3, 0.4) is 0 Å². The van der Waals surface area contributed by atoms with Crippen molar-refractivity contribution in [3.05, 3.63) is 34.2 Å². The highest BCUT2D eigenvalue weighted by Crippen LogP contribution is 2.30. The highest BCUT2D eigenvalue weighted by molar-refractivity contribution is 5.76. The summed E-state index contributed by atoms with van der Waals surface area (Å²) in [6.07, 6.45) is -3.55. The zero-order valence-corrected chi connectivity index (χ0v) is 10.5. The fourth-order valence-electron chi connectivity index (χ4n) is 2.51. The summed E-state index contributed by atoms with van der Waals surface area (Å²) in [6, 6.07) is 3.31. The molecule has 1 aromatic carbocycles. The molecule has 0 saturated carbocycles. The Morgan fingerprint density at radius 3 is 2.85 bits per heavy atom. The summed E-state index contributed by atoms with van der Waals surface area (Å²) in [5.74, 6) is 0.231. The van der Waals surface area contributed by atoms with Crippen molar-refractivity contribution in [2.75, 3.05) is 13.2 Å². The van der Waals surface area contributed by atoms with Gasteiger partial charge in [-0.1, -0.05) is 0 Å². The first kappa shape index (κ1) is 13.2. The second-order valence-electron chi connectivity index (χ2n) is 5.00. The zero-order chi connectivity index (χ0) is 14.3. The van der Waals surface area contributed by atoms with E-state index < -0.39 is 11.7 Å². The van der Waals surface area contributed by atoms with Crippen LogP contribution < -0.4 is 5.69 Å². The van der Waals surface area contributed by atoms with Crippen LogP contribution in [-0.2, 0) is 17.5 Å². The number of nitrogens with zero attached hydrogens (tertiary/aromatic N) is 1. The Bertz CT molecular complexity index is 681. The third-order valence-electron chi connectivity index (χ3n) is 3.57. The summed E-state index contributed by atoms with van der Waals surface area (Å²) < 4.78 is 44.6. The number of aromatic nitrogens is 2. The molecule has 4 nitrogen and oxygen atoms in total. The molecule has 0 spiro atoms. The minimum Gasteiger partial charge on any atom is -0.381 e. The van der Waals surface area contributed by atoms with Crippen molar-refractivity contribution in [3.8, 4) is 0 Å². The number of imidazole rings is 1. The Balaban J connectivity index is 2.01. The van der Waals surface area contributed by atoms with E-state index in [1.807, 2.05) is 0 Å². The van der Waals surface area contributed by atoms with Gasteiger partial charge in [0, 0.05) is 19.1 Å². The molecule has 0 radical (unpaired) electrons. The van der Waals surface area contributed by atoms with Crippen molar-refractivity contribution in [3.63, 3.8) is 0 Å². The first-order valence-corrected chi connectivity index (χ1v) is 6.32. The highest BCUT2D eigenvalue weighted by Gasteiger charge is 2.31. The lowest BCUT2D eigenvalue weighted by molar-refractivity contribution is -0.137. The van der Waals surface area contributed by atoms with E-state index in [4.69, 9.17) is 4.74 Å². The average Bonchev–Trinajstić information content (AvgIpc) is 2.97. The van der Waals surface area contributed by atoms with E-state index in [0.29, 0.717) is 25.3 Å². The third-order valence-corrected chi connectivity index (χ3v) is 3.57. The number of fused-ring (bicyclic) bond motifs is 1. The second-order valence-corrected chi connectivity index (χ2v) is 5.00. The van der Waals surface area contributed by atoms with Crippen LogP contribution in [-0.4, -0.2) is 22.8 Å². The number of benzene rings is 1. The minimum absolute atomic E-state index is 0.212. The summed E-state index contributed by atoms with van der Waals surface area (Å²) in [7, 11) is 0. The van der Waals surface area contributed by atoms with E-state index in [2.05, 4.69) is 4.98 Å².